The van der Waals surface area contributed by atoms with Crippen molar-refractivity contribution in [3.8, 4) is 0 Å². The van der Waals surface area contributed by atoms with E-state index >= 15 is 0 Å². The molecule has 1 aromatic rings. The van der Waals surface area contributed by atoms with E-state index in [9.17, 15) is 22.0 Å². The molecule has 0 aliphatic carbocycles. The van der Waals surface area contributed by atoms with Crippen LogP contribution in [-0.2, 0) is 0 Å². The van der Waals surface area contributed by atoms with Gasteiger partial charge >= 0.3 is 12.1 Å². The molecule has 0 fully saturated rings. The number of alkyl halides is 5. The Bertz CT molecular complexity index is 377. The highest BCUT2D eigenvalue weighted by atomic mass is 32.2. The Kier molecular flexibility index (Phi) is 4.35. The second kappa shape index (κ2) is 5.20. The largest absolute Gasteiger partial charge is 0.454 e. The molecular weight excluding hydrogens is 261 g/mol. The molecule has 95 valence electrons. The summed E-state index contributed by atoms with van der Waals surface area (Å²) in [4.78, 5) is 3.84. The van der Waals surface area contributed by atoms with Gasteiger partial charge in [0, 0.05) is 11.1 Å². The van der Waals surface area contributed by atoms with Crippen LogP contribution in [0.25, 0.3) is 0 Å². The number of hydrogen-bond acceptors (Lipinski definition) is 2. The van der Waals surface area contributed by atoms with E-state index in [4.69, 9.17) is 0 Å². The van der Waals surface area contributed by atoms with Crippen LogP contribution in [0, 0.1) is 6.42 Å². The molecule has 0 aliphatic heterocycles. The zero-order chi connectivity index (χ0) is 13.1. The van der Waals surface area contributed by atoms with E-state index in [1.165, 1.54) is 18.3 Å². The summed E-state index contributed by atoms with van der Waals surface area (Å²) in [5.41, 5.74) is -0.346. The first-order valence-corrected chi connectivity index (χ1v) is 5.64. The summed E-state index contributed by atoms with van der Waals surface area (Å²) in [6.07, 6.45) is -4.57. The van der Waals surface area contributed by atoms with Crippen LogP contribution in [0.5, 0.6) is 0 Å². The first-order valence-electron chi connectivity index (χ1n) is 4.66. The van der Waals surface area contributed by atoms with Crippen LogP contribution in [0.15, 0.2) is 23.2 Å². The molecule has 0 aliphatic rings. The van der Waals surface area contributed by atoms with Gasteiger partial charge in [0.25, 0.3) is 0 Å². The van der Waals surface area contributed by atoms with Crippen molar-refractivity contribution in [1.29, 1.82) is 0 Å². The standard InChI is InChI=1S/C10H9F5NS/c1-2-17-8-4-3-5-16-7(8)6-9(11,12)10(13,14)15/h3-6H,2H2,1H3. The summed E-state index contributed by atoms with van der Waals surface area (Å²) in [5.74, 6) is -4.31. The molecule has 0 atom stereocenters. The van der Waals surface area contributed by atoms with Gasteiger partial charge in [-0.1, -0.05) is 6.92 Å². The van der Waals surface area contributed by atoms with Gasteiger partial charge in [-0.15, -0.1) is 11.8 Å². The fourth-order valence-corrected chi connectivity index (χ4v) is 1.79. The van der Waals surface area contributed by atoms with Crippen LogP contribution in [0.3, 0.4) is 0 Å². The Morgan fingerprint density at radius 2 is 1.94 bits per heavy atom. The summed E-state index contributed by atoms with van der Waals surface area (Å²) in [7, 11) is 0. The molecule has 1 aromatic heterocycles. The summed E-state index contributed by atoms with van der Waals surface area (Å²) < 4.78 is 61.7. The first kappa shape index (κ1) is 14.2. The number of nitrogens with zero attached hydrogens (tertiary/aromatic N) is 1. The molecule has 0 unspecified atom stereocenters. The van der Waals surface area contributed by atoms with Gasteiger partial charge in [0.2, 0.25) is 0 Å². The summed E-state index contributed by atoms with van der Waals surface area (Å²) in [5, 5.41) is 0. The summed E-state index contributed by atoms with van der Waals surface area (Å²) in [6, 6.07) is 2.94. The van der Waals surface area contributed by atoms with Gasteiger partial charge in [-0.25, -0.2) is 0 Å². The lowest BCUT2D eigenvalue weighted by Crippen LogP contribution is -2.37. The fraction of sp³-hybridized carbons (Fsp3) is 0.400. The van der Waals surface area contributed by atoms with E-state index in [-0.39, 0.29) is 12.1 Å². The first-order chi connectivity index (χ1) is 7.78. The van der Waals surface area contributed by atoms with E-state index in [1.54, 1.807) is 6.92 Å². The van der Waals surface area contributed by atoms with Crippen molar-refractivity contribution < 1.29 is 22.0 Å². The Labute approximate surface area is 99.4 Å². The van der Waals surface area contributed by atoms with Crippen molar-refractivity contribution in [3.63, 3.8) is 0 Å². The van der Waals surface area contributed by atoms with Gasteiger partial charge < -0.3 is 0 Å². The lowest BCUT2D eigenvalue weighted by atomic mass is 10.1. The van der Waals surface area contributed by atoms with Gasteiger partial charge in [0.1, 0.15) is 0 Å². The lowest BCUT2D eigenvalue weighted by molar-refractivity contribution is -0.265. The average molecular weight is 270 g/mol. The van der Waals surface area contributed by atoms with Crippen LogP contribution >= 0.6 is 11.8 Å². The minimum atomic E-state index is -5.60. The van der Waals surface area contributed by atoms with Crippen molar-refractivity contribution in [2.75, 3.05) is 5.75 Å². The SMILES string of the molecule is CCSc1cccnc1[CH]C(F)(F)C(F)(F)F. The van der Waals surface area contributed by atoms with Crippen molar-refractivity contribution in [1.82, 2.24) is 4.98 Å². The molecule has 1 radical (unpaired) electrons. The Balaban J connectivity index is 2.95. The molecular formula is C10H9F5NS. The smallest absolute Gasteiger partial charge is 0.260 e. The molecule has 1 nitrogen and oxygen atoms in total. The molecule has 0 saturated heterocycles. The van der Waals surface area contributed by atoms with Gasteiger partial charge in [-0.2, -0.15) is 22.0 Å². The predicted octanol–water partition coefficient (Wildman–Crippen LogP) is 3.94. The van der Waals surface area contributed by atoms with Crippen molar-refractivity contribution in [2.45, 2.75) is 23.9 Å². The average Bonchev–Trinajstić information content (AvgIpc) is 2.19. The maximum absolute atomic E-state index is 12.8. The Hall–Kier alpha value is -0.850. The van der Waals surface area contributed by atoms with Crippen molar-refractivity contribution in [2.24, 2.45) is 0 Å². The molecule has 17 heavy (non-hydrogen) atoms. The number of halogens is 5. The minimum absolute atomic E-state index is 0.148. The molecule has 0 bridgehead atoms. The van der Waals surface area contributed by atoms with Crippen LogP contribution in [0.1, 0.15) is 12.6 Å². The van der Waals surface area contributed by atoms with E-state index in [2.05, 4.69) is 4.98 Å². The van der Waals surface area contributed by atoms with Crippen molar-refractivity contribution >= 4 is 11.8 Å². The van der Waals surface area contributed by atoms with Crippen molar-refractivity contribution in [3.05, 3.63) is 30.4 Å². The second-order valence-electron chi connectivity index (χ2n) is 3.08. The Morgan fingerprint density at radius 3 is 2.47 bits per heavy atom. The maximum Gasteiger partial charge on any atom is 0.454 e. The maximum atomic E-state index is 12.8. The van der Waals surface area contributed by atoms with Gasteiger partial charge in [0.15, 0.2) is 0 Å². The number of pyridine rings is 1. The highest BCUT2D eigenvalue weighted by Crippen LogP contribution is 2.40. The number of aromatic nitrogens is 1. The second-order valence-corrected chi connectivity index (χ2v) is 4.39. The number of rotatable bonds is 4. The highest BCUT2D eigenvalue weighted by molar-refractivity contribution is 7.99. The summed E-state index contributed by atoms with van der Waals surface area (Å²) in [6.45, 7) is 1.77. The summed E-state index contributed by atoms with van der Waals surface area (Å²) >= 11 is 1.16. The van der Waals surface area contributed by atoms with E-state index < -0.39 is 12.1 Å². The molecule has 1 rings (SSSR count). The van der Waals surface area contributed by atoms with Gasteiger partial charge in [0.05, 0.1) is 12.1 Å². The Morgan fingerprint density at radius 1 is 1.29 bits per heavy atom. The van der Waals surface area contributed by atoms with E-state index in [0.29, 0.717) is 10.6 Å². The normalized spacial score (nSPS) is 12.8. The quantitative estimate of drug-likeness (QED) is 0.607. The van der Waals surface area contributed by atoms with Crippen LogP contribution in [0.2, 0.25) is 0 Å². The zero-order valence-corrected chi connectivity index (χ0v) is 9.58. The van der Waals surface area contributed by atoms with E-state index in [0.717, 1.165) is 11.8 Å². The van der Waals surface area contributed by atoms with Gasteiger partial charge in [-0.3, -0.25) is 4.98 Å². The van der Waals surface area contributed by atoms with Crippen LogP contribution < -0.4 is 0 Å². The number of hydrogen-bond donors (Lipinski definition) is 0. The molecule has 0 saturated carbocycles. The van der Waals surface area contributed by atoms with Crippen LogP contribution in [0.4, 0.5) is 22.0 Å². The highest BCUT2D eigenvalue weighted by Gasteiger charge is 2.57. The molecule has 0 spiro atoms. The molecule has 7 heteroatoms. The third-order valence-corrected chi connectivity index (χ3v) is 2.74. The molecule has 0 N–H and O–H groups in total. The molecule has 1 heterocycles. The minimum Gasteiger partial charge on any atom is -0.260 e. The third-order valence-electron chi connectivity index (χ3n) is 1.80. The monoisotopic (exact) mass is 270 g/mol. The fourth-order valence-electron chi connectivity index (χ4n) is 1.04. The van der Waals surface area contributed by atoms with E-state index in [1.807, 2.05) is 0 Å². The lowest BCUT2D eigenvalue weighted by Gasteiger charge is -2.19. The third kappa shape index (κ3) is 3.55. The topological polar surface area (TPSA) is 12.9 Å². The molecule has 0 aromatic carbocycles. The predicted molar refractivity (Wildman–Crippen MR) is 55.0 cm³/mol. The van der Waals surface area contributed by atoms with Crippen LogP contribution in [-0.4, -0.2) is 22.8 Å². The van der Waals surface area contributed by atoms with Gasteiger partial charge in [-0.05, 0) is 17.9 Å². The molecule has 0 amide bonds. The number of thioether (sulfide) groups is 1. The zero-order valence-electron chi connectivity index (χ0n) is 8.76.